The van der Waals surface area contributed by atoms with Gasteiger partial charge in [-0.1, -0.05) is 29.8 Å². The van der Waals surface area contributed by atoms with E-state index >= 15 is 0 Å². The number of ether oxygens (including phenoxy) is 1. The summed E-state index contributed by atoms with van der Waals surface area (Å²) in [6.45, 7) is 2.26. The Hall–Kier alpha value is -3.37. The van der Waals surface area contributed by atoms with E-state index in [1.807, 2.05) is 23.1 Å². The summed E-state index contributed by atoms with van der Waals surface area (Å²) in [5.41, 5.74) is 3.26. The van der Waals surface area contributed by atoms with Gasteiger partial charge in [-0.2, -0.15) is 15.0 Å². The number of benzene rings is 2. The highest BCUT2D eigenvalue weighted by molar-refractivity contribution is 6.30. The van der Waals surface area contributed by atoms with Crippen LogP contribution in [0.3, 0.4) is 0 Å². The second-order valence-electron chi connectivity index (χ2n) is 8.53. The van der Waals surface area contributed by atoms with Crippen LogP contribution in [0.5, 0.6) is 0 Å². The van der Waals surface area contributed by atoms with Crippen molar-refractivity contribution in [3.63, 3.8) is 0 Å². The van der Waals surface area contributed by atoms with Crippen LogP contribution in [0.1, 0.15) is 35.8 Å². The van der Waals surface area contributed by atoms with E-state index in [2.05, 4.69) is 25.3 Å². The summed E-state index contributed by atoms with van der Waals surface area (Å²) in [4.78, 5) is 20.0. The fourth-order valence-electron chi connectivity index (χ4n) is 4.70. The molecule has 2 aromatic heterocycles. The van der Waals surface area contributed by atoms with Crippen molar-refractivity contribution in [1.82, 2.24) is 24.5 Å². The third-order valence-corrected chi connectivity index (χ3v) is 6.61. The molecular weight excluding hydrogens is 476 g/mol. The van der Waals surface area contributed by atoms with Gasteiger partial charge in [0.25, 0.3) is 6.43 Å². The van der Waals surface area contributed by atoms with E-state index < -0.39 is 12.2 Å². The molecule has 0 amide bonds. The first-order valence-electron chi connectivity index (χ1n) is 11.5. The van der Waals surface area contributed by atoms with Gasteiger partial charge in [-0.05, 0) is 48.2 Å². The smallest absolute Gasteiger partial charge is 0.296 e. The number of morpholine rings is 1. The van der Waals surface area contributed by atoms with Gasteiger partial charge in [0.2, 0.25) is 17.8 Å². The van der Waals surface area contributed by atoms with Crippen LogP contribution in [0.25, 0.3) is 17.0 Å². The molecule has 2 aromatic carbocycles. The zero-order chi connectivity index (χ0) is 23.9. The number of aromatic nitrogens is 5. The van der Waals surface area contributed by atoms with E-state index in [-0.39, 0.29) is 12.0 Å². The maximum atomic E-state index is 14.0. The first-order chi connectivity index (χ1) is 17.1. The van der Waals surface area contributed by atoms with Crippen LogP contribution in [0.15, 0.2) is 42.5 Å². The van der Waals surface area contributed by atoms with Crippen LogP contribution < -0.4 is 10.2 Å². The molecule has 1 N–H and O–H groups in total. The molecule has 4 aromatic rings. The highest BCUT2D eigenvalue weighted by atomic mass is 35.5. The summed E-state index contributed by atoms with van der Waals surface area (Å²) in [5, 5.41) is 4.06. The van der Waals surface area contributed by atoms with E-state index in [0.29, 0.717) is 54.3 Å². The first kappa shape index (κ1) is 22.1. The number of halogens is 3. The molecule has 35 heavy (non-hydrogen) atoms. The van der Waals surface area contributed by atoms with Crippen LogP contribution in [0, 0.1) is 0 Å². The average molecular weight is 498 g/mol. The number of hydrogen-bond acceptors (Lipinski definition) is 7. The molecule has 6 rings (SSSR count). The van der Waals surface area contributed by atoms with Crippen molar-refractivity contribution in [1.29, 1.82) is 0 Å². The largest absolute Gasteiger partial charge is 0.378 e. The Labute approximate surface area is 204 Å². The predicted octanol–water partition coefficient (Wildman–Crippen LogP) is 4.74. The number of anilines is 2. The first-order valence-corrected chi connectivity index (χ1v) is 11.8. The van der Waals surface area contributed by atoms with Crippen molar-refractivity contribution < 1.29 is 13.5 Å². The number of hydrogen-bond donors (Lipinski definition) is 1. The van der Waals surface area contributed by atoms with Crippen molar-refractivity contribution in [2.45, 2.75) is 25.3 Å². The van der Waals surface area contributed by atoms with Crippen LogP contribution in [-0.2, 0) is 11.2 Å². The summed E-state index contributed by atoms with van der Waals surface area (Å²) >= 11 is 6.24. The molecule has 0 spiro atoms. The lowest BCUT2D eigenvalue weighted by molar-refractivity contribution is 0.122. The second kappa shape index (κ2) is 9.01. The van der Waals surface area contributed by atoms with E-state index in [1.54, 1.807) is 24.3 Å². The van der Waals surface area contributed by atoms with E-state index in [1.165, 1.54) is 10.1 Å². The number of alkyl halides is 2. The Bertz CT molecular complexity index is 1390. The number of imidazole rings is 1. The minimum absolute atomic E-state index is 0.0504. The number of nitrogens with one attached hydrogen (secondary N) is 1. The van der Waals surface area contributed by atoms with Crippen LogP contribution >= 0.6 is 11.6 Å². The van der Waals surface area contributed by atoms with Crippen molar-refractivity contribution >= 4 is 34.5 Å². The number of fused-ring (bicyclic) bond motifs is 2. The standard InChI is InChI=1S/C24H22ClF2N7O/c25-15-7-5-14-6-8-17(16(14)13-15)29-22-30-23(33-9-11-35-12-10-33)32-24(31-22)34-19-4-2-1-3-18(19)28-21(34)20(26)27/h1-5,7,13,17,20H,6,8-12H2,(H,29,30,31,32). The zero-order valence-electron chi connectivity index (χ0n) is 18.7. The molecule has 0 radical (unpaired) electrons. The lowest BCUT2D eigenvalue weighted by Crippen LogP contribution is -2.37. The Morgan fingerprint density at radius 3 is 2.63 bits per heavy atom. The predicted molar refractivity (Wildman–Crippen MR) is 129 cm³/mol. The molecule has 2 aliphatic rings. The molecule has 180 valence electrons. The minimum Gasteiger partial charge on any atom is -0.378 e. The van der Waals surface area contributed by atoms with Crippen LogP contribution in [0.2, 0.25) is 5.02 Å². The topological polar surface area (TPSA) is 81.0 Å². The van der Waals surface area contributed by atoms with Crippen molar-refractivity contribution in [2.75, 3.05) is 36.5 Å². The quantitative estimate of drug-likeness (QED) is 0.426. The van der Waals surface area contributed by atoms with Crippen molar-refractivity contribution in [3.05, 3.63) is 64.4 Å². The van der Waals surface area contributed by atoms with E-state index in [4.69, 9.17) is 16.3 Å². The number of rotatable bonds is 5. The van der Waals surface area contributed by atoms with Crippen LogP contribution in [-0.4, -0.2) is 50.8 Å². The average Bonchev–Trinajstić information content (AvgIpc) is 3.46. The Balaban J connectivity index is 1.46. The Kier molecular flexibility index (Phi) is 5.69. The summed E-state index contributed by atoms with van der Waals surface area (Å²) in [6.07, 6.45) is -1.05. The molecule has 1 aliphatic carbocycles. The monoisotopic (exact) mass is 497 g/mol. The number of nitrogens with zero attached hydrogens (tertiary/aromatic N) is 6. The zero-order valence-corrected chi connectivity index (χ0v) is 19.4. The summed E-state index contributed by atoms with van der Waals surface area (Å²) in [6, 6.07) is 12.8. The highest BCUT2D eigenvalue weighted by Gasteiger charge is 2.27. The molecule has 11 heteroatoms. The normalized spacial score (nSPS) is 17.8. The minimum atomic E-state index is -2.80. The van der Waals surface area contributed by atoms with Gasteiger partial charge >= 0.3 is 0 Å². The highest BCUT2D eigenvalue weighted by Crippen LogP contribution is 2.35. The summed E-state index contributed by atoms with van der Waals surface area (Å²) in [7, 11) is 0. The molecule has 0 saturated carbocycles. The molecule has 1 saturated heterocycles. The van der Waals surface area contributed by atoms with Crippen molar-refractivity contribution in [3.8, 4) is 5.95 Å². The third-order valence-electron chi connectivity index (χ3n) is 6.38. The van der Waals surface area contributed by atoms with E-state index in [9.17, 15) is 8.78 Å². The second-order valence-corrected chi connectivity index (χ2v) is 8.97. The van der Waals surface area contributed by atoms with Gasteiger partial charge in [0, 0.05) is 18.1 Å². The summed E-state index contributed by atoms with van der Waals surface area (Å²) in [5.74, 6) is 0.405. The molecule has 1 aliphatic heterocycles. The fraction of sp³-hybridized carbons (Fsp3) is 0.333. The van der Waals surface area contributed by atoms with Gasteiger partial charge in [0.15, 0.2) is 5.82 Å². The van der Waals surface area contributed by atoms with Gasteiger partial charge in [-0.25, -0.2) is 13.8 Å². The third kappa shape index (κ3) is 4.17. The molecule has 1 unspecified atom stereocenters. The van der Waals surface area contributed by atoms with Gasteiger partial charge in [0.1, 0.15) is 0 Å². The lowest BCUT2D eigenvalue weighted by atomic mass is 10.1. The maximum absolute atomic E-state index is 14.0. The van der Waals surface area contributed by atoms with Crippen molar-refractivity contribution in [2.24, 2.45) is 0 Å². The molecular formula is C24H22ClF2N7O. The number of para-hydroxylation sites is 2. The van der Waals surface area contributed by atoms with Gasteiger partial charge in [-0.3, -0.25) is 4.57 Å². The fourth-order valence-corrected chi connectivity index (χ4v) is 4.88. The number of aryl methyl sites for hydroxylation is 1. The van der Waals surface area contributed by atoms with Crippen LogP contribution in [0.4, 0.5) is 20.7 Å². The SMILES string of the molecule is FC(F)c1nc2ccccc2n1-c1nc(NC2CCc3ccc(Cl)cc32)nc(N2CCOCC2)n1. The Morgan fingerprint density at radius 1 is 1.00 bits per heavy atom. The van der Waals surface area contributed by atoms with Gasteiger partial charge in [0.05, 0.1) is 30.3 Å². The van der Waals surface area contributed by atoms with Gasteiger partial charge in [-0.15, -0.1) is 0 Å². The lowest BCUT2D eigenvalue weighted by Gasteiger charge is -2.27. The van der Waals surface area contributed by atoms with Gasteiger partial charge < -0.3 is 15.0 Å². The molecule has 0 bridgehead atoms. The molecule has 3 heterocycles. The maximum Gasteiger partial charge on any atom is 0.296 e. The molecule has 1 fully saturated rings. The molecule has 1 atom stereocenters. The Morgan fingerprint density at radius 2 is 1.80 bits per heavy atom. The summed E-state index contributed by atoms with van der Waals surface area (Å²) < 4.78 is 34.8. The molecule has 8 nitrogen and oxygen atoms in total. The van der Waals surface area contributed by atoms with E-state index in [0.717, 1.165) is 18.4 Å².